The number of aliphatic carboxylic acids is 1. The van der Waals surface area contributed by atoms with E-state index in [-0.39, 0.29) is 37.6 Å². The maximum absolute atomic E-state index is 11.1. The van der Waals surface area contributed by atoms with Gasteiger partial charge in [-0.25, -0.2) is 13.8 Å². The molecular weight excluding hydrogens is 293 g/mol. The van der Waals surface area contributed by atoms with Crippen molar-refractivity contribution in [1.29, 1.82) is 0 Å². The molecule has 0 aromatic carbocycles. The van der Waals surface area contributed by atoms with Crippen LogP contribution in [0.1, 0.15) is 21.2 Å². The minimum absolute atomic E-state index is 0. The number of carbonyl (C=O) groups excluding carboxylic acids is 1. The first kappa shape index (κ1) is 20.9. The van der Waals surface area contributed by atoms with Crippen LogP contribution >= 0.6 is 0 Å². The molecule has 19 heavy (non-hydrogen) atoms. The standard InChI is InChI=1S/C8H15NO8S.Na.H/c1-2-3-4-16-8(12)9-6(7(10)11)5-17-18(13,14)15;;/h6H,2-5H2,1H3,(H,9,12)(H,10,11)(H,13,14,15);;/q;+1;-1/t6-;;/m0../s1. The molecule has 0 aromatic heterocycles. The molecule has 0 spiro atoms. The van der Waals surface area contributed by atoms with Crippen LogP contribution in [0.3, 0.4) is 0 Å². The third kappa shape index (κ3) is 12.4. The molecule has 0 aromatic rings. The summed E-state index contributed by atoms with van der Waals surface area (Å²) in [6, 6.07) is -1.64. The zero-order valence-corrected chi connectivity index (χ0v) is 13.5. The average Bonchev–Trinajstić information content (AvgIpc) is 2.22. The topological polar surface area (TPSA) is 139 Å². The third-order valence-corrected chi connectivity index (χ3v) is 2.14. The smallest absolute Gasteiger partial charge is 1.00 e. The van der Waals surface area contributed by atoms with Crippen molar-refractivity contribution in [2.75, 3.05) is 13.2 Å². The molecule has 3 N–H and O–H groups in total. The van der Waals surface area contributed by atoms with E-state index >= 15 is 0 Å². The van der Waals surface area contributed by atoms with Crippen molar-refractivity contribution in [3.8, 4) is 0 Å². The summed E-state index contributed by atoms with van der Waals surface area (Å²) < 4.78 is 37.2. The Bertz CT molecular complexity index is 390. The number of unbranched alkanes of at least 4 members (excludes halogenated alkanes) is 1. The molecule has 0 bridgehead atoms. The van der Waals surface area contributed by atoms with Gasteiger partial charge in [0.05, 0.1) is 13.2 Å². The molecule has 0 heterocycles. The molecule has 0 radical (unpaired) electrons. The number of hydrogen-bond acceptors (Lipinski definition) is 6. The van der Waals surface area contributed by atoms with Crippen molar-refractivity contribution >= 4 is 22.5 Å². The molecular formula is C8H16NNaO8S. The van der Waals surface area contributed by atoms with Crippen LogP contribution in [0.25, 0.3) is 0 Å². The predicted molar refractivity (Wildman–Crippen MR) is 59.4 cm³/mol. The molecule has 1 atom stereocenters. The first-order valence-corrected chi connectivity index (χ1v) is 6.40. The Morgan fingerprint density at radius 1 is 1.42 bits per heavy atom. The van der Waals surface area contributed by atoms with Crippen LogP contribution in [0.5, 0.6) is 0 Å². The molecule has 9 nitrogen and oxygen atoms in total. The first-order chi connectivity index (χ1) is 8.26. The number of hydrogen-bond donors (Lipinski definition) is 3. The second kappa shape index (κ2) is 10.4. The SMILES string of the molecule is CCCCOC(=O)N[C@@H](COS(=O)(=O)O)C(=O)O.[H-].[Na+]. The maximum atomic E-state index is 11.1. The Hall–Kier alpha value is -0.390. The fraction of sp³-hybridized carbons (Fsp3) is 0.750. The maximum Gasteiger partial charge on any atom is 1.00 e. The van der Waals surface area contributed by atoms with Crippen molar-refractivity contribution in [3.63, 3.8) is 0 Å². The number of carbonyl (C=O) groups is 2. The Labute approximate surface area is 134 Å². The molecule has 1 amide bonds. The van der Waals surface area contributed by atoms with Crippen molar-refractivity contribution in [3.05, 3.63) is 0 Å². The van der Waals surface area contributed by atoms with Gasteiger partial charge < -0.3 is 16.6 Å². The van der Waals surface area contributed by atoms with E-state index in [4.69, 9.17) is 9.66 Å². The molecule has 0 saturated heterocycles. The number of ether oxygens (including phenoxy) is 1. The summed E-state index contributed by atoms with van der Waals surface area (Å²) in [5.41, 5.74) is 0. The quantitative estimate of drug-likeness (QED) is 0.243. The average molecular weight is 309 g/mol. The van der Waals surface area contributed by atoms with E-state index in [1.165, 1.54) is 0 Å². The van der Waals surface area contributed by atoms with Gasteiger partial charge in [0.1, 0.15) is 0 Å². The van der Waals surface area contributed by atoms with Gasteiger partial charge in [-0.05, 0) is 6.42 Å². The van der Waals surface area contributed by atoms with Crippen molar-refractivity contribution in [2.45, 2.75) is 25.8 Å². The largest absolute Gasteiger partial charge is 1.00 e. The number of nitrogens with one attached hydrogen (secondary N) is 1. The summed E-state index contributed by atoms with van der Waals surface area (Å²) in [6.07, 6.45) is 0.406. The van der Waals surface area contributed by atoms with Crippen LogP contribution < -0.4 is 34.9 Å². The summed E-state index contributed by atoms with van der Waals surface area (Å²) in [6.45, 7) is 1.06. The van der Waals surface area contributed by atoms with Gasteiger partial charge >= 0.3 is 52.0 Å². The molecule has 108 valence electrons. The normalized spacial score (nSPS) is 12.1. The Morgan fingerprint density at radius 3 is 2.42 bits per heavy atom. The fourth-order valence-corrected chi connectivity index (χ4v) is 1.13. The first-order valence-electron chi connectivity index (χ1n) is 5.04. The molecule has 0 aliphatic rings. The van der Waals surface area contributed by atoms with Crippen molar-refractivity contribution < 1.29 is 67.6 Å². The molecule has 0 aliphatic carbocycles. The summed E-state index contributed by atoms with van der Waals surface area (Å²) in [5.74, 6) is -1.52. The molecule has 0 saturated carbocycles. The predicted octanol–water partition coefficient (Wildman–Crippen LogP) is -3.10. The van der Waals surface area contributed by atoms with Gasteiger partial charge in [-0.15, -0.1) is 0 Å². The number of amides is 1. The van der Waals surface area contributed by atoms with E-state index in [0.717, 1.165) is 6.42 Å². The van der Waals surface area contributed by atoms with Crippen LogP contribution in [0.15, 0.2) is 0 Å². The monoisotopic (exact) mass is 309 g/mol. The Kier molecular flexibility index (Phi) is 11.5. The second-order valence-electron chi connectivity index (χ2n) is 3.24. The zero-order chi connectivity index (χ0) is 14.2. The van der Waals surface area contributed by atoms with E-state index in [9.17, 15) is 18.0 Å². The third-order valence-electron chi connectivity index (χ3n) is 1.70. The summed E-state index contributed by atoms with van der Waals surface area (Å²) >= 11 is 0. The van der Waals surface area contributed by atoms with Gasteiger partial charge in [-0.1, -0.05) is 13.3 Å². The van der Waals surface area contributed by atoms with E-state index in [1.807, 2.05) is 12.2 Å². The molecule has 0 fully saturated rings. The minimum atomic E-state index is -4.76. The zero-order valence-electron chi connectivity index (χ0n) is 11.7. The minimum Gasteiger partial charge on any atom is -1.00 e. The number of alkyl carbamates (subject to hydrolysis) is 1. The van der Waals surface area contributed by atoms with Crippen LogP contribution in [0.2, 0.25) is 0 Å². The molecule has 11 heteroatoms. The van der Waals surface area contributed by atoms with Crippen LogP contribution in [0, 0.1) is 0 Å². The number of carboxylic acid groups (broad SMARTS) is 1. The van der Waals surface area contributed by atoms with Crippen LogP contribution in [0.4, 0.5) is 4.79 Å². The second-order valence-corrected chi connectivity index (χ2v) is 4.33. The summed E-state index contributed by atoms with van der Waals surface area (Å²) in [4.78, 5) is 21.7. The van der Waals surface area contributed by atoms with Gasteiger partial charge in [-0.3, -0.25) is 4.55 Å². The van der Waals surface area contributed by atoms with Crippen molar-refractivity contribution in [1.82, 2.24) is 5.32 Å². The van der Waals surface area contributed by atoms with E-state index in [1.54, 1.807) is 0 Å². The van der Waals surface area contributed by atoms with Crippen LogP contribution in [-0.2, 0) is 24.1 Å². The fourth-order valence-electron chi connectivity index (χ4n) is 0.822. The van der Waals surface area contributed by atoms with Crippen molar-refractivity contribution in [2.24, 2.45) is 0 Å². The van der Waals surface area contributed by atoms with Gasteiger partial charge in [0.15, 0.2) is 6.04 Å². The van der Waals surface area contributed by atoms with Gasteiger partial charge in [0, 0.05) is 0 Å². The molecule has 0 rings (SSSR count). The van der Waals surface area contributed by atoms with Crippen LogP contribution in [-0.4, -0.2) is 49.4 Å². The van der Waals surface area contributed by atoms with E-state index in [0.29, 0.717) is 6.42 Å². The van der Waals surface area contributed by atoms with Gasteiger partial charge in [-0.2, -0.15) is 8.42 Å². The van der Waals surface area contributed by atoms with E-state index < -0.39 is 35.1 Å². The summed E-state index contributed by atoms with van der Waals surface area (Å²) in [5, 5.41) is 10.6. The Balaban J connectivity index is -0.00000144. The molecule has 0 unspecified atom stereocenters. The molecule has 0 aliphatic heterocycles. The summed E-state index contributed by atoms with van der Waals surface area (Å²) in [7, 11) is -4.76. The number of rotatable bonds is 8. The van der Waals surface area contributed by atoms with Gasteiger partial charge in [0.2, 0.25) is 0 Å². The Morgan fingerprint density at radius 2 is 2.00 bits per heavy atom. The van der Waals surface area contributed by atoms with E-state index in [2.05, 4.69) is 8.92 Å². The number of carboxylic acids is 1. The van der Waals surface area contributed by atoms with Gasteiger partial charge in [0.25, 0.3) is 0 Å².